The van der Waals surface area contributed by atoms with Gasteiger partial charge in [-0.3, -0.25) is 4.98 Å². The molecule has 1 unspecified atom stereocenters. The molecule has 0 bridgehead atoms. The molecule has 136 valence electrons. The van der Waals surface area contributed by atoms with E-state index >= 15 is 0 Å². The molecule has 0 spiro atoms. The maximum Gasteiger partial charge on any atom is 0.0470 e. The maximum absolute atomic E-state index is 5.09. The molecular formula is C23H39N. The fourth-order valence-electron chi connectivity index (χ4n) is 4.85. The second-order valence-corrected chi connectivity index (χ2v) is 9.26. The van der Waals surface area contributed by atoms with Gasteiger partial charge in [-0.2, -0.15) is 0 Å². The summed E-state index contributed by atoms with van der Waals surface area (Å²) in [7, 11) is 0. The predicted octanol–water partition coefficient (Wildman–Crippen LogP) is 6.98. The molecule has 1 aromatic rings. The zero-order valence-corrected chi connectivity index (χ0v) is 17.7. The first-order valence-electron chi connectivity index (χ1n) is 10.1. The Hall–Kier alpha value is -0.850. The summed E-state index contributed by atoms with van der Waals surface area (Å²) in [4.78, 5) is 5.09. The number of aryl methyl sites for hydroxylation is 1. The van der Waals surface area contributed by atoms with E-state index < -0.39 is 0 Å². The van der Waals surface area contributed by atoms with E-state index in [0.717, 1.165) is 11.8 Å². The van der Waals surface area contributed by atoms with E-state index in [4.69, 9.17) is 4.98 Å². The lowest BCUT2D eigenvalue weighted by atomic mass is 9.64. The van der Waals surface area contributed by atoms with Gasteiger partial charge in [-0.15, -0.1) is 0 Å². The normalized spacial score (nSPS) is 31.1. The summed E-state index contributed by atoms with van der Waals surface area (Å²) in [5.41, 5.74) is 7.30. The number of hydrogen-bond acceptors (Lipinski definition) is 1. The summed E-state index contributed by atoms with van der Waals surface area (Å²) in [5.74, 6) is 4.66. The lowest BCUT2D eigenvalue weighted by Gasteiger charge is -2.41. The second-order valence-electron chi connectivity index (χ2n) is 9.26. The highest BCUT2D eigenvalue weighted by Gasteiger charge is 2.36. The molecule has 0 radical (unpaired) electrons. The third-order valence-electron chi connectivity index (χ3n) is 7.12. The molecule has 0 saturated heterocycles. The highest BCUT2D eigenvalue weighted by atomic mass is 14.7. The van der Waals surface area contributed by atoms with Crippen molar-refractivity contribution in [1.29, 1.82) is 0 Å². The first-order valence-corrected chi connectivity index (χ1v) is 10.1. The van der Waals surface area contributed by atoms with Crippen molar-refractivity contribution in [3.63, 3.8) is 0 Å². The van der Waals surface area contributed by atoms with Crippen LogP contribution in [0.25, 0.3) is 0 Å². The van der Waals surface area contributed by atoms with Crippen LogP contribution in [0.1, 0.15) is 108 Å². The average molecular weight is 330 g/mol. The SMILES string of the molecule is Cc1nc(C(C)C)c2c(c1C)[C@@H](C)[C@@H](C)[C@@H](C)[C@@H](C)CC2C(C)C. The minimum Gasteiger partial charge on any atom is -0.257 e. The lowest BCUT2D eigenvalue weighted by Crippen LogP contribution is -2.30. The molecule has 24 heavy (non-hydrogen) atoms. The maximum atomic E-state index is 5.09. The first-order chi connectivity index (χ1) is 11.1. The van der Waals surface area contributed by atoms with Crippen LogP contribution in [-0.2, 0) is 0 Å². The number of pyridine rings is 1. The zero-order chi connectivity index (χ0) is 18.3. The third-order valence-corrected chi connectivity index (χ3v) is 7.12. The lowest BCUT2D eigenvalue weighted by molar-refractivity contribution is 0.205. The van der Waals surface area contributed by atoms with Crippen LogP contribution in [0.4, 0.5) is 0 Å². The van der Waals surface area contributed by atoms with Crippen LogP contribution < -0.4 is 0 Å². The van der Waals surface area contributed by atoms with Crippen LogP contribution >= 0.6 is 0 Å². The van der Waals surface area contributed by atoms with Crippen LogP contribution in [0.15, 0.2) is 0 Å². The summed E-state index contributed by atoms with van der Waals surface area (Å²) in [6, 6.07) is 0. The minimum atomic E-state index is 0.494. The van der Waals surface area contributed by atoms with Crippen molar-refractivity contribution >= 4 is 0 Å². The largest absolute Gasteiger partial charge is 0.257 e. The van der Waals surface area contributed by atoms with Gasteiger partial charge in [0.05, 0.1) is 0 Å². The molecular weight excluding hydrogens is 290 g/mol. The Morgan fingerprint density at radius 1 is 0.875 bits per heavy atom. The van der Waals surface area contributed by atoms with E-state index in [0.29, 0.717) is 29.6 Å². The molecule has 1 heteroatoms. The summed E-state index contributed by atoms with van der Waals surface area (Å²) in [6.07, 6.45) is 1.30. The summed E-state index contributed by atoms with van der Waals surface area (Å²) in [5, 5.41) is 0. The van der Waals surface area contributed by atoms with Crippen LogP contribution in [0.5, 0.6) is 0 Å². The molecule has 0 aliphatic heterocycles. The molecule has 0 fully saturated rings. The van der Waals surface area contributed by atoms with E-state index in [9.17, 15) is 0 Å². The van der Waals surface area contributed by atoms with Gasteiger partial charge < -0.3 is 0 Å². The highest BCUT2D eigenvalue weighted by molar-refractivity contribution is 5.46. The summed E-state index contributed by atoms with van der Waals surface area (Å²) in [6.45, 7) is 23.8. The van der Waals surface area contributed by atoms with Crippen LogP contribution in [0.2, 0.25) is 0 Å². The number of aromatic nitrogens is 1. The number of fused-ring (bicyclic) bond motifs is 1. The average Bonchev–Trinajstić information content (AvgIpc) is 2.51. The van der Waals surface area contributed by atoms with Gasteiger partial charge in [0.2, 0.25) is 0 Å². The zero-order valence-electron chi connectivity index (χ0n) is 17.7. The van der Waals surface area contributed by atoms with Gasteiger partial charge in [0, 0.05) is 11.4 Å². The molecule has 5 atom stereocenters. The van der Waals surface area contributed by atoms with Gasteiger partial charge in [-0.1, -0.05) is 55.4 Å². The predicted molar refractivity (Wildman–Crippen MR) is 106 cm³/mol. The molecule has 1 aromatic heterocycles. The number of nitrogens with zero attached hydrogens (tertiary/aromatic N) is 1. The Balaban J connectivity index is 2.83. The van der Waals surface area contributed by atoms with Crippen molar-refractivity contribution < 1.29 is 0 Å². The third kappa shape index (κ3) is 3.28. The Morgan fingerprint density at radius 3 is 1.96 bits per heavy atom. The van der Waals surface area contributed by atoms with Crippen molar-refractivity contribution in [1.82, 2.24) is 4.98 Å². The summed E-state index contributed by atoms with van der Waals surface area (Å²) < 4.78 is 0. The van der Waals surface area contributed by atoms with E-state index in [1.807, 2.05) is 0 Å². The Bertz CT molecular complexity index is 584. The van der Waals surface area contributed by atoms with Crippen LogP contribution in [0, 0.1) is 37.5 Å². The van der Waals surface area contributed by atoms with E-state index in [1.54, 1.807) is 11.1 Å². The van der Waals surface area contributed by atoms with Gasteiger partial charge in [0.15, 0.2) is 0 Å². The van der Waals surface area contributed by atoms with Crippen LogP contribution in [-0.4, -0.2) is 4.98 Å². The molecule has 0 N–H and O–H groups in total. The molecule has 1 aliphatic rings. The fourth-order valence-corrected chi connectivity index (χ4v) is 4.85. The quantitative estimate of drug-likeness (QED) is 0.570. The van der Waals surface area contributed by atoms with Gasteiger partial charge >= 0.3 is 0 Å². The van der Waals surface area contributed by atoms with Crippen molar-refractivity contribution in [2.45, 2.75) is 93.4 Å². The van der Waals surface area contributed by atoms with E-state index in [1.165, 1.54) is 23.4 Å². The molecule has 2 rings (SSSR count). The molecule has 0 aromatic carbocycles. The van der Waals surface area contributed by atoms with Gasteiger partial charge in [0.25, 0.3) is 0 Å². The topological polar surface area (TPSA) is 12.9 Å². The van der Waals surface area contributed by atoms with Crippen LogP contribution in [0.3, 0.4) is 0 Å². The Labute approximate surface area is 150 Å². The highest BCUT2D eigenvalue weighted by Crippen LogP contribution is 2.48. The molecule has 0 saturated carbocycles. The van der Waals surface area contributed by atoms with E-state index in [2.05, 4.69) is 69.2 Å². The van der Waals surface area contributed by atoms with Gasteiger partial charge in [-0.25, -0.2) is 0 Å². The smallest absolute Gasteiger partial charge is 0.0470 e. The van der Waals surface area contributed by atoms with Crippen molar-refractivity contribution in [2.75, 3.05) is 0 Å². The second kappa shape index (κ2) is 7.18. The first kappa shape index (κ1) is 19.5. The summed E-state index contributed by atoms with van der Waals surface area (Å²) >= 11 is 0. The fraction of sp³-hybridized carbons (Fsp3) is 0.783. The van der Waals surface area contributed by atoms with Crippen molar-refractivity contribution in [3.8, 4) is 0 Å². The minimum absolute atomic E-state index is 0.494. The van der Waals surface area contributed by atoms with Crippen molar-refractivity contribution in [3.05, 3.63) is 28.1 Å². The standard InChI is InChI=1S/C23H39N/c1-12(2)20-11-14(5)15(6)16(7)17(8)21-18(9)19(10)24-23(13(3)4)22(20)21/h12-17,20H,11H2,1-10H3/t14-,15-,16-,17-,20?/m0/s1. The van der Waals surface area contributed by atoms with E-state index in [-0.39, 0.29) is 0 Å². The molecule has 1 heterocycles. The van der Waals surface area contributed by atoms with Crippen molar-refractivity contribution in [2.24, 2.45) is 23.7 Å². The molecule has 1 nitrogen and oxygen atoms in total. The number of rotatable bonds is 2. The number of hydrogen-bond donors (Lipinski definition) is 0. The molecule has 0 amide bonds. The Kier molecular flexibility index (Phi) is 5.83. The van der Waals surface area contributed by atoms with Gasteiger partial charge in [-0.05, 0) is 78.4 Å². The monoisotopic (exact) mass is 329 g/mol. The molecule has 1 aliphatic carbocycles. The Morgan fingerprint density at radius 2 is 1.46 bits per heavy atom. The van der Waals surface area contributed by atoms with Gasteiger partial charge in [0.1, 0.15) is 0 Å².